The highest BCUT2D eigenvalue weighted by Gasteiger charge is 2.37. The van der Waals surface area contributed by atoms with Crippen molar-refractivity contribution in [3.8, 4) is 5.75 Å². The second kappa shape index (κ2) is 9.55. The van der Waals surface area contributed by atoms with Crippen molar-refractivity contribution in [2.24, 2.45) is 0 Å². The number of aliphatic hydroxyl groups excluding tert-OH is 1. The summed E-state index contributed by atoms with van der Waals surface area (Å²) in [5.41, 5.74) is -1.67. The normalized spacial score (nSPS) is 20.4. The number of benzene rings is 3. The van der Waals surface area contributed by atoms with E-state index < -0.39 is 59.0 Å². The number of hydrogen-bond donors (Lipinski definition) is 3. The lowest BCUT2D eigenvalue weighted by Crippen LogP contribution is -2.41. The molecule has 1 aliphatic heterocycles. The number of carbonyl (C=O) groups is 2. The van der Waals surface area contributed by atoms with Crippen LogP contribution < -0.4 is 15.4 Å². The zero-order valence-corrected chi connectivity index (χ0v) is 20.0. The lowest BCUT2D eigenvalue weighted by Gasteiger charge is -2.32. The Hall–Kier alpha value is -3.70. The highest BCUT2D eigenvalue weighted by atomic mass is 35.5. The third kappa shape index (κ3) is 4.91. The largest absolute Gasteiger partial charge is 0.488 e. The number of fused-ring (bicyclic) bond motifs is 1. The maximum atomic E-state index is 14.1. The first-order chi connectivity index (χ1) is 17.9. The maximum absolute atomic E-state index is 14.1. The molecule has 1 aliphatic carbocycles. The van der Waals surface area contributed by atoms with Crippen LogP contribution in [-0.4, -0.2) is 29.1 Å². The molecule has 3 aromatic rings. The number of carbonyl (C=O) groups excluding carboxylic acids is 2. The summed E-state index contributed by atoms with van der Waals surface area (Å²) in [5, 5.41) is 15.1. The van der Waals surface area contributed by atoms with Crippen LogP contribution in [0.15, 0.2) is 48.5 Å². The van der Waals surface area contributed by atoms with Crippen LogP contribution in [0.3, 0.4) is 0 Å². The molecule has 0 spiro atoms. The van der Waals surface area contributed by atoms with Gasteiger partial charge in [-0.15, -0.1) is 0 Å². The van der Waals surface area contributed by atoms with Gasteiger partial charge in [-0.2, -0.15) is 13.2 Å². The van der Waals surface area contributed by atoms with Crippen LogP contribution in [0.25, 0.3) is 0 Å². The molecule has 0 bridgehead atoms. The van der Waals surface area contributed by atoms with E-state index in [2.05, 4.69) is 10.6 Å². The van der Waals surface area contributed by atoms with Crippen LogP contribution in [0, 0.1) is 11.6 Å². The summed E-state index contributed by atoms with van der Waals surface area (Å²) in [5.74, 6) is -3.52. The first kappa shape index (κ1) is 25.9. The van der Waals surface area contributed by atoms with Crippen LogP contribution >= 0.6 is 11.6 Å². The highest BCUT2D eigenvalue weighted by Crippen LogP contribution is 2.42. The van der Waals surface area contributed by atoms with Gasteiger partial charge in [-0.25, -0.2) is 8.78 Å². The maximum Gasteiger partial charge on any atom is 0.416 e. The number of halogens is 6. The number of anilines is 1. The van der Waals surface area contributed by atoms with E-state index in [0.717, 1.165) is 12.1 Å². The van der Waals surface area contributed by atoms with Gasteiger partial charge in [0.2, 0.25) is 0 Å². The fourth-order valence-electron chi connectivity index (χ4n) is 4.39. The Morgan fingerprint density at radius 1 is 1.05 bits per heavy atom. The molecule has 198 valence electrons. The minimum Gasteiger partial charge on any atom is -0.488 e. The monoisotopic (exact) mass is 552 g/mol. The molecule has 3 atom stereocenters. The van der Waals surface area contributed by atoms with Crippen molar-refractivity contribution in [3.05, 3.63) is 93.0 Å². The summed E-state index contributed by atoms with van der Waals surface area (Å²) in [7, 11) is 0. The average Bonchev–Trinajstić information content (AvgIpc) is 3.18. The van der Waals surface area contributed by atoms with Gasteiger partial charge in [-0.1, -0.05) is 11.6 Å². The standard InChI is InChI=1S/C26H18ClF5N2O4/c27-18-2-1-13(28)8-16(18)23-22-17(25(37)34-23)9-15(38-21-4-3-20(21)35)10-19(22)33-24(36)11-5-12(26(30,31)32)7-14(29)6-11/h1-2,5-10,20-21,23,35H,3-4H2,(H,33,36)(H,34,37)/t20-,21+,23?/m1/s1. The first-order valence-electron chi connectivity index (χ1n) is 11.4. The molecule has 0 radical (unpaired) electrons. The van der Waals surface area contributed by atoms with Crippen LogP contribution in [0.4, 0.5) is 27.6 Å². The Labute approximate surface area is 217 Å². The topological polar surface area (TPSA) is 87.7 Å². The van der Waals surface area contributed by atoms with Gasteiger partial charge in [0, 0.05) is 27.8 Å². The number of amides is 2. The number of alkyl halides is 3. The Bertz CT molecular complexity index is 1460. The van der Waals surface area contributed by atoms with Gasteiger partial charge in [0.25, 0.3) is 11.8 Å². The van der Waals surface area contributed by atoms with Crippen LogP contribution in [0.5, 0.6) is 5.75 Å². The molecule has 5 rings (SSSR count). The smallest absolute Gasteiger partial charge is 0.416 e. The molecule has 1 heterocycles. The van der Waals surface area contributed by atoms with Crippen molar-refractivity contribution in [1.82, 2.24) is 5.32 Å². The number of hydrogen-bond acceptors (Lipinski definition) is 4. The fourth-order valence-corrected chi connectivity index (χ4v) is 4.62. The van der Waals surface area contributed by atoms with E-state index in [1.807, 2.05) is 0 Å². The van der Waals surface area contributed by atoms with Crippen molar-refractivity contribution < 1.29 is 41.4 Å². The van der Waals surface area contributed by atoms with Gasteiger partial charge in [0.15, 0.2) is 0 Å². The molecule has 2 aliphatic rings. The summed E-state index contributed by atoms with van der Waals surface area (Å²) in [6.45, 7) is 0. The summed E-state index contributed by atoms with van der Waals surface area (Å²) in [6, 6.07) is 6.58. The van der Waals surface area contributed by atoms with E-state index in [-0.39, 0.29) is 39.2 Å². The Morgan fingerprint density at radius 3 is 2.47 bits per heavy atom. The minimum absolute atomic E-state index is 0.0344. The van der Waals surface area contributed by atoms with Gasteiger partial charge in [-0.05, 0) is 55.3 Å². The van der Waals surface area contributed by atoms with E-state index in [4.69, 9.17) is 16.3 Å². The molecule has 3 N–H and O–H groups in total. The molecular formula is C26H18ClF5N2O4. The summed E-state index contributed by atoms with van der Waals surface area (Å²) < 4.78 is 73.3. The van der Waals surface area contributed by atoms with Gasteiger partial charge in [0.1, 0.15) is 23.5 Å². The Kier molecular flexibility index (Phi) is 6.52. The van der Waals surface area contributed by atoms with Gasteiger partial charge < -0.3 is 20.5 Å². The lowest BCUT2D eigenvalue weighted by molar-refractivity contribution is -0.137. The number of rotatable bonds is 5. The van der Waals surface area contributed by atoms with Gasteiger partial charge in [0.05, 0.1) is 29.0 Å². The van der Waals surface area contributed by atoms with Crippen molar-refractivity contribution in [1.29, 1.82) is 0 Å². The number of ether oxygens (including phenoxy) is 1. The molecule has 1 unspecified atom stereocenters. The van der Waals surface area contributed by atoms with E-state index >= 15 is 0 Å². The van der Waals surface area contributed by atoms with Crippen molar-refractivity contribution in [2.75, 3.05) is 5.32 Å². The molecule has 0 aromatic heterocycles. The molecular weight excluding hydrogens is 535 g/mol. The van der Waals surface area contributed by atoms with Crippen LogP contribution in [0.2, 0.25) is 5.02 Å². The second-order valence-electron chi connectivity index (χ2n) is 8.99. The minimum atomic E-state index is -4.90. The molecule has 0 saturated heterocycles. The Morgan fingerprint density at radius 2 is 1.82 bits per heavy atom. The fraction of sp³-hybridized carbons (Fsp3) is 0.231. The van der Waals surface area contributed by atoms with Crippen LogP contribution in [0.1, 0.15) is 56.3 Å². The van der Waals surface area contributed by atoms with Crippen molar-refractivity contribution >= 4 is 29.1 Å². The van der Waals surface area contributed by atoms with Crippen molar-refractivity contribution in [2.45, 2.75) is 37.3 Å². The molecule has 1 fully saturated rings. The lowest BCUT2D eigenvalue weighted by atomic mass is 9.92. The summed E-state index contributed by atoms with van der Waals surface area (Å²) in [4.78, 5) is 25.9. The first-order valence-corrected chi connectivity index (χ1v) is 11.8. The van der Waals surface area contributed by atoms with E-state index in [9.17, 15) is 36.6 Å². The SMILES string of the molecule is O=C(Nc1cc(O[C@H]2CC[C@H]2O)cc2c1C(c1cc(F)ccc1Cl)NC2=O)c1cc(F)cc(C(F)(F)F)c1. The van der Waals surface area contributed by atoms with Gasteiger partial charge >= 0.3 is 6.18 Å². The number of nitrogens with one attached hydrogen (secondary N) is 2. The predicted molar refractivity (Wildman–Crippen MR) is 126 cm³/mol. The molecule has 2 amide bonds. The quantitative estimate of drug-likeness (QED) is 0.358. The zero-order valence-electron chi connectivity index (χ0n) is 19.2. The van der Waals surface area contributed by atoms with Gasteiger partial charge in [-0.3, -0.25) is 9.59 Å². The van der Waals surface area contributed by atoms with E-state index in [0.29, 0.717) is 25.0 Å². The predicted octanol–water partition coefficient (Wildman–Crippen LogP) is 5.62. The number of aliphatic hydroxyl groups is 1. The summed E-state index contributed by atoms with van der Waals surface area (Å²) >= 11 is 6.26. The van der Waals surface area contributed by atoms with E-state index in [1.54, 1.807) is 0 Å². The third-order valence-electron chi connectivity index (χ3n) is 6.43. The zero-order chi connectivity index (χ0) is 27.4. The second-order valence-corrected chi connectivity index (χ2v) is 9.39. The highest BCUT2D eigenvalue weighted by molar-refractivity contribution is 6.31. The molecule has 38 heavy (non-hydrogen) atoms. The Balaban J connectivity index is 1.59. The molecule has 12 heteroatoms. The van der Waals surface area contributed by atoms with E-state index in [1.165, 1.54) is 18.2 Å². The molecule has 3 aromatic carbocycles. The average molecular weight is 553 g/mol. The molecule has 1 saturated carbocycles. The molecule has 6 nitrogen and oxygen atoms in total. The van der Waals surface area contributed by atoms with Crippen molar-refractivity contribution in [3.63, 3.8) is 0 Å². The third-order valence-corrected chi connectivity index (χ3v) is 6.77. The summed E-state index contributed by atoms with van der Waals surface area (Å²) in [6.07, 6.45) is -5.14. The van der Waals surface area contributed by atoms with Crippen LogP contribution in [-0.2, 0) is 6.18 Å².